The average Bonchev–Trinajstić information content (AvgIpc) is 2.41. The summed E-state index contributed by atoms with van der Waals surface area (Å²) >= 11 is 0. The zero-order valence-electron chi connectivity index (χ0n) is 10.9. The lowest BCUT2D eigenvalue weighted by molar-refractivity contribution is -0.122. The summed E-state index contributed by atoms with van der Waals surface area (Å²) < 4.78 is 0. The third-order valence-electron chi connectivity index (χ3n) is 3.13. The molecule has 0 spiro atoms. The van der Waals surface area contributed by atoms with Crippen molar-refractivity contribution in [3.8, 4) is 0 Å². The predicted octanol–water partition coefficient (Wildman–Crippen LogP) is -0.987. The summed E-state index contributed by atoms with van der Waals surface area (Å²) in [5.74, 6) is 0.484. The molecular formula is C11H18N6O. The van der Waals surface area contributed by atoms with Crippen LogP contribution in [0.4, 0.5) is 5.95 Å². The average molecular weight is 250 g/mol. The van der Waals surface area contributed by atoms with Crippen LogP contribution < -0.4 is 15.5 Å². The van der Waals surface area contributed by atoms with E-state index >= 15 is 0 Å². The molecule has 1 amide bonds. The van der Waals surface area contributed by atoms with Gasteiger partial charge in [-0.1, -0.05) is 0 Å². The van der Waals surface area contributed by atoms with Crippen LogP contribution in [0.2, 0.25) is 0 Å². The normalized spacial score (nSPS) is 19.7. The summed E-state index contributed by atoms with van der Waals surface area (Å²) in [6, 6.07) is -0.285. The number of carbonyl (C=O) groups excluding carboxylic acids is 1. The Morgan fingerprint density at radius 3 is 2.83 bits per heavy atom. The first-order chi connectivity index (χ1) is 8.63. The van der Waals surface area contributed by atoms with E-state index in [-0.39, 0.29) is 11.9 Å². The molecule has 1 saturated heterocycles. The van der Waals surface area contributed by atoms with Crippen molar-refractivity contribution in [3.05, 3.63) is 11.4 Å². The van der Waals surface area contributed by atoms with Crippen LogP contribution in [0.5, 0.6) is 0 Å². The van der Waals surface area contributed by atoms with Gasteiger partial charge < -0.3 is 15.5 Å². The Morgan fingerprint density at radius 1 is 1.39 bits per heavy atom. The van der Waals surface area contributed by atoms with E-state index in [1.54, 1.807) is 7.05 Å². The minimum absolute atomic E-state index is 0.0379. The Labute approximate surface area is 106 Å². The van der Waals surface area contributed by atoms with Crippen LogP contribution in [0.1, 0.15) is 11.4 Å². The number of carbonyl (C=O) groups is 1. The molecule has 1 aliphatic heterocycles. The van der Waals surface area contributed by atoms with Gasteiger partial charge in [-0.2, -0.15) is 5.10 Å². The van der Waals surface area contributed by atoms with Gasteiger partial charge in [-0.25, -0.2) is 4.98 Å². The number of anilines is 1. The zero-order valence-corrected chi connectivity index (χ0v) is 10.9. The molecule has 2 rings (SSSR count). The molecule has 2 heterocycles. The third-order valence-corrected chi connectivity index (χ3v) is 3.13. The number of piperazine rings is 1. The van der Waals surface area contributed by atoms with Gasteiger partial charge in [-0.3, -0.25) is 4.79 Å². The van der Waals surface area contributed by atoms with E-state index in [2.05, 4.69) is 25.8 Å². The van der Waals surface area contributed by atoms with E-state index in [1.807, 2.05) is 18.7 Å². The summed E-state index contributed by atoms with van der Waals surface area (Å²) in [5, 5.41) is 14.0. The molecule has 2 N–H and O–H groups in total. The lowest BCUT2D eigenvalue weighted by atomic mass is 10.2. The fourth-order valence-corrected chi connectivity index (χ4v) is 1.91. The molecule has 7 nitrogen and oxygen atoms in total. The minimum atomic E-state index is -0.285. The summed E-state index contributed by atoms with van der Waals surface area (Å²) in [6.45, 7) is 5.86. The van der Waals surface area contributed by atoms with Gasteiger partial charge in [0.1, 0.15) is 6.04 Å². The first kappa shape index (κ1) is 12.7. The highest BCUT2D eigenvalue weighted by Gasteiger charge is 2.30. The molecule has 7 heteroatoms. The molecule has 1 aliphatic rings. The second-order valence-electron chi connectivity index (χ2n) is 4.31. The van der Waals surface area contributed by atoms with Crippen LogP contribution in [0.25, 0.3) is 0 Å². The quantitative estimate of drug-likeness (QED) is 0.701. The van der Waals surface area contributed by atoms with Gasteiger partial charge in [0.15, 0.2) is 0 Å². The van der Waals surface area contributed by atoms with Crippen molar-refractivity contribution in [1.29, 1.82) is 0 Å². The van der Waals surface area contributed by atoms with E-state index in [0.29, 0.717) is 19.0 Å². The molecular weight excluding hydrogens is 232 g/mol. The topological polar surface area (TPSA) is 83.0 Å². The highest BCUT2D eigenvalue weighted by molar-refractivity contribution is 5.85. The van der Waals surface area contributed by atoms with Gasteiger partial charge in [0.25, 0.3) is 0 Å². The Bertz CT molecular complexity index is 449. The predicted molar refractivity (Wildman–Crippen MR) is 67.4 cm³/mol. The first-order valence-electron chi connectivity index (χ1n) is 6.00. The molecule has 0 radical (unpaired) electrons. The Morgan fingerprint density at radius 2 is 2.17 bits per heavy atom. The fraction of sp³-hybridized carbons (Fsp3) is 0.636. The third kappa shape index (κ3) is 2.40. The summed E-state index contributed by atoms with van der Waals surface area (Å²) in [5.41, 5.74) is 1.65. The van der Waals surface area contributed by atoms with Crippen LogP contribution in [0, 0.1) is 13.8 Å². The molecule has 0 aliphatic carbocycles. The summed E-state index contributed by atoms with van der Waals surface area (Å²) in [4.78, 5) is 18.1. The van der Waals surface area contributed by atoms with E-state index in [1.165, 1.54) is 0 Å². The molecule has 0 bridgehead atoms. The molecule has 1 aromatic rings. The van der Waals surface area contributed by atoms with Crippen molar-refractivity contribution in [1.82, 2.24) is 25.8 Å². The maximum Gasteiger partial charge on any atom is 0.246 e. The van der Waals surface area contributed by atoms with Crippen LogP contribution >= 0.6 is 0 Å². The number of rotatable bonds is 2. The zero-order chi connectivity index (χ0) is 13.1. The molecule has 18 heavy (non-hydrogen) atoms. The monoisotopic (exact) mass is 250 g/mol. The Balaban J connectivity index is 2.27. The highest BCUT2D eigenvalue weighted by atomic mass is 16.2. The van der Waals surface area contributed by atoms with Gasteiger partial charge in [0, 0.05) is 26.7 Å². The van der Waals surface area contributed by atoms with E-state index in [9.17, 15) is 4.79 Å². The first-order valence-corrected chi connectivity index (χ1v) is 6.00. The molecule has 1 aromatic heterocycles. The Kier molecular flexibility index (Phi) is 3.71. The largest absolute Gasteiger partial charge is 0.357 e. The number of hydrogen-bond acceptors (Lipinski definition) is 6. The van der Waals surface area contributed by atoms with Gasteiger partial charge in [0.2, 0.25) is 11.9 Å². The van der Waals surface area contributed by atoms with Gasteiger partial charge in [0.05, 0.1) is 11.4 Å². The second kappa shape index (κ2) is 5.26. The lowest BCUT2D eigenvalue weighted by Crippen LogP contribution is -2.58. The number of likely N-dealkylation sites (N-methyl/N-ethyl adjacent to an activating group) is 1. The molecule has 1 unspecified atom stereocenters. The summed E-state index contributed by atoms with van der Waals surface area (Å²) in [7, 11) is 1.63. The standard InChI is InChI=1S/C11H18N6O/c1-7-8(2)15-16-11(14-7)17-5-4-13-6-9(17)10(18)12-3/h9,13H,4-6H2,1-3H3,(H,12,18). The minimum Gasteiger partial charge on any atom is -0.357 e. The number of hydrogen-bond donors (Lipinski definition) is 2. The fourth-order valence-electron chi connectivity index (χ4n) is 1.91. The van der Waals surface area contributed by atoms with Crippen molar-refractivity contribution in [2.75, 3.05) is 31.6 Å². The maximum atomic E-state index is 11.8. The van der Waals surface area contributed by atoms with Gasteiger partial charge >= 0.3 is 0 Å². The molecule has 0 aromatic carbocycles. The van der Waals surface area contributed by atoms with Crippen molar-refractivity contribution in [2.24, 2.45) is 0 Å². The second-order valence-corrected chi connectivity index (χ2v) is 4.31. The van der Waals surface area contributed by atoms with E-state index < -0.39 is 0 Å². The molecule has 1 fully saturated rings. The number of aryl methyl sites for hydroxylation is 2. The van der Waals surface area contributed by atoms with Crippen LogP contribution in [-0.4, -0.2) is 53.8 Å². The van der Waals surface area contributed by atoms with E-state index in [0.717, 1.165) is 17.9 Å². The smallest absolute Gasteiger partial charge is 0.246 e. The van der Waals surface area contributed by atoms with Crippen molar-refractivity contribution in [2.45, 2.75) is 19.9 Å². The summed E-state index contributed by atoms with van der Waals surface area (Å²) in [6.07, 6.45) is 0. The van der Waals surface area contributed by atoms with Crippen LogP contribution in [0.3, 0.4) is 0 Å². The maximum absolute atomic E-state index is 11.8. The Hall–Kier alpha value is -1.76. The number of amides is 1. The molecule has 0 saturated carbocycles. The number of nitrogens with one attached hydrogen (secondary N) is 2. The highest BCUT2D eigenvalue weighted by Crippen LogP contribution is 2.13. The van der Waals surface area contributed by atoms with E-state index in [4.69, 9.17) is 0 Å². The lowest BCUT2D eigenvalue weighted by Gasteiger charge is -2.34. The SMILES string of the molecule is CNC(=O)C1CNCCN1c1nnc(C)c(C)n1. The number of nitrogens with zero attached hydrogens (tertiary/aromatic N) is 4. The number of aromatic nitrogens is 3. The van der Waals surface area contributed by atoms with Gasteiger partial charge in [-0.15, -0.1) is 5.10 Å². The van der Waals surface area contributed by atoms with Crippen molar-refractivity contribution in [3.63, 3.8) is 0 Å². The molecule has 1 atom stereocenters. The van der Waals surface area contributed by atoms with Crippen molar-refractivity contribution < 1.29 is 4.79 Å². The van der Waals surface area contributed by atoms with Crippen LogP contribution in [0.15, 0.2) is 0 Å². The van der Waals surface area contributed by atoms with Gasteiger partial charge in [-0.05, 0) is 13.8 Å². The van der Waals surface area contributed by atoms with Crippen molar-refractivity contribution >= 4 is 11.9 Å². The van der Waals surface area contributed by atoms with Crippen LogP contribution in [-0.2, 0) is 4.79 Å². The molecule has 98 valence electrons.